The zero-order valence-electron chi connectivity index (χ0n) is 13.5. The molecule has 1 aliphatic rings. The van der Waals surface area contributed by atoms with E-state index < -0.39 is 12.0 Å². The van der Waals surface area contributed by atoms with E-state index in [0.717, 1.165) is 5.56 Å². The van der Waals surface area contributed by atoms with Crippen LogP contribution in [0.2, 0.25) is 5.02 Å². The van der Waals surface area contributed by atoms with Crippen molar-refractivity contribution < 1.29 is 19.4 Å². The van der Waals surface area contributed by atoms with Gasteiger partial charge in [0.2, 0.25) is 0 Å². The first kappa shape index (κ1) is 17.6. The van der Waals surface area contributed by atoms with Gasteiger partial charge in [0.05, 0.1) is 0 Å². The number of hydrogen-bond donors (Lipinski definition) is 1. The lowest BCUT2D eigenvalue weighted by Gasteiger charge is -2.22. The van der Waals surface area contributed by atoms with Crippen molar-refractivity contribution in [2.45, 2.75) is 25.4 Å². The van der Waals surface area contributed by atoms with Gasteiger partial charge in [0.15, 0.2) is 6.61 Å². The number of benzene rings is 1. The molecule has 2 atom stereocenters. The van der Waals surface area contributed by atoms with E-state index in [0.29, 0.717) is 23.7 Å². The first-order valence-electron chi connectivity index (χ1n) is 7.37. The number of likely N-dealkylation sites (N-methyl/N-ethyl adjacent to an activating group) is 1. The number of aliphatic carboxylic acids is 1. The number of likely N-dealkylation sites (tertiary alicyclic amines) is 1. The van der Waals surface area contributed by atoms with Gasteiger partial charge in [-0.1, -0.05) is 11.6 Å². The molecule has 1 aromatic rings. The Morgan fingerprint density at radius 3 is 2.70 bits per heavy atom. The number of aryl methyl sites for hydroxylation is 1. The Kier molecular flexibility index (Phi) is 5.49. The third-order valence-electron chi connectivity index (χ3n) is 4.10. The number of nitrogens with zero attached hydrogens (tertiary/aromatic N) is 2. The van der Waals surface area contributed by atoms with Gasteiger partial charge in [-0.3, -0.25) is 4.79 Å². The predicted molar refractivity (Wildman–Crippen MR) is 86.9 cm³/mol. The molecule has 126 valence electrons. The number of hydrogen-bond acceptors (Lipinski definition) is 4. The Morgan fingerprint density at radius 2 is 2.13 bits per heavy atom. The maximum Gasteiger partial charge on any atom is 0.326 e. The number of rotatable bonds is 5. The van der Waals surface area contributed by atoms with E-state index in [1.54, 1.807) is 18.2 Å². The van der Waals surface area contributed by atoms with Crippen LogP contribution in [0, 0.1) is 6.92 Å². The van der Waals surface area contributed by atoms with Crippen molar-refractivity contribution in [2.24, 2.45) is 0 Å². The monoisotopic (exact) mass is 340 g/mol. The maximum absolute atomic E-state index is 12.4. The second kappa shape index (κ2) is 7.19. The highest BCUT2D eigenvalue weighted by molar-refractivity contribution is 6.30. The molecule has 23 heavy (non-hydrogen) atoms. The molecule has 0 bridgehead atoms. The fraction of sp³-hybridized carbons (Fsp3) is 0.500. The first-order chi connectivity index (χ1) is 10.8. The van der Waals surface area contributed by atoms with Gasteiger partial charge in [-0.25, -0.2) is 4.79 Å². The van der Waals surface area contributed by atoms with Crippen LogP contribution in [0.4, 0.5) is 0 Å². The van der Waals surface area contributed by atoms with Gasteiger partial charge in [-0.2, -0.15) is 0 Å². The first-order valence-corrected chi connectivity index (χ1v) is 7.75. The van der Waals surface area contributed by atoms with Crippen LogP contribution in [0.15, 0.2) is 18.2 Å². The molecule has 0 aromatic heterocycles. The molecule has 1 heterocycles. The molecule has 0 saturated carbocycles. The summed E-state index contributed by atoms with van der Waals surface area (Å²) >= 11 is 5.88. The molecule has 1 saturated heterocycles. The number of ether oxygens (including phenoxy) is 1. The number of carbonyl (C=O) groups is 2. The third kappa shape index (κ3) is 4.14. The van der Waals surface area contributed by atoms with Crippen molar-refractivity contribution in [2.75, 3.05) is 27.2 Å². The lowest BCUT2D eigenvalue weighted by atomic mass is 10.1. The fourth-order valence-electron chi connectivity index (χ4n) is 2.69. The van der Waals surface area contributed by atoms with Gasteiger partial charge in [0.1, 0.15) is 11.8 Å². The van der Waals surface area contributed by atoms with E-state index in [2.05, 4.69) is 0 Å². The van der Waals surface area contributed by atoms with Crippen molar-refractivity contribution in [3.63, 3.8) is 0 Å². The minimum atomic E-state index is -0.981. The van der Waals surface area contributed by atoms with Crippen molar-refractivity contribution in [3.05, 3.63) is 28.8 Å². The topological polar surface area (TPSA) is 70.1 Å². The molecule has 1 aliphatic heterocycles. The van der Waals surface area contributed by atoms with Gasteiger partial charge in [-0.05, 0) is 51.2 Å². The lowest BCUT2D eigenvalue weighted by molar-refractivity contribution is -0.148. The van der Waals surface area contributed by atoms with E-state index in [1.807, 2.05) is 25.9 Å². The minimum Gasteiger partial charge on any atom is -0.483 e. The summed E-state index contributed by atoms with van der Waals surface area (Å²) in [6.07, 6.45) is 0.425. The van der Waals surface area contributed by atoms with Gasteiger partial charge in [-0.15, -0.1) is 0 Å². The van der Waals surface area contributed by atoms with Crippen LogP contribution in [0.25, 0.3) is 0 Å². The molecule has 1 amide bonds. The largest absolute Gasteiger partial charge is 0.483 e. The maximum atomic E-state index is 12.4. The van der Waals surface area contributed by atoms with Crippen LogP contribution in [-0.4, -0.2) is 66.1 Å². The normalized spacial score (nSPS) is 20.8. The van der Waals surface area contributed by atoms with Gasteiger partial charge < -0.3 is 19.6 Å². The standard InChI is InChI=1S/C16H21ClN2O4/c1-10-6-11(17)4-5-14(10)23-9-15(20)19-8-12(18(2)3)7-13(19)16(21)22/h4-6,12-13H,7-9H2,1-3H3,(H,21,22)/t12-,13+/m1/s1. The number of carboxylic acids is 1. The van der Waals surface area contributed by atoms with Crippen molar-refractivity contribution in [1.82, 2.24) is 9.80 Å². The predicted octanol–water partition coefficient (Wildman–Crippen LogP) is 1.64. The van der Waals surface area contributed by atoms with E-state index in [-0.39, 0.29) is 18.6 Å². The second-order valence-corrected chi connectivity index (χ2v) is 6.39. The summed E-state index contributed by atoms with van der Waals surface area (Å²) in [6, 6.07) is 4.37. The summed E-state index contributed by atoms with van der Waals surface area (Å²) in [4.78, 5) is 27.1. The Labute approximate surface area is 140 Å². The Balaban J connectivity index is 2.02. The summed E-state index contributed by atoms with van der Waals surface area (Å²) in [5.74, 6) is -0.737. The van der Waals surface area contributed by atoms with Crippen LogP contribution in [0.3, 0.4) is 0 Å². The zero-order chi connectivity index (χ0) is 17.1. The Hall–Kier alpha value is -1.79. The molecular formula is C16H21ClN2O4. The molecule has 2 rings (SSSR count). The zero-order valence-corrected chi connectivity index (χ0v) is 14.2. The van der Waals surface area contributed by atoms with Gasteiger partial charge in [0, 0.05) is 17.6 Å². The molecule has 1 fully saturated rings. The van der Waals surface area contributed by atoms with Crippen molar-refractivity contribution in [3.8, 4) is 5.75 Å². The molecule has 7 heteroatoms. The summed E-state index contributed by atoms with van der Waals surface area (Å²) < 4.78 is 5.53. The summed E-state index contributed by atoms with van der Waals surface area (Å²) in [6.45, 7) is 2.04. The third-order valence-corrected chi connectivity index (χ3v) is 4.34. The molecule has 6 nitrogen and oxygen atoms in total. The van der Waals surface area contributed by atoms with Crippen LogP contribution < -0.4 is 4.74 Å². The molecule has 0 aliphatic carbocycles. The second-order valence-electron chi connectivity index (χ2n) is 5.95. The van der Waals surface area contributed by atoms with Gasteiger partial charge in [0.25, 0.3) is 5.91 Å². The average molecular weight is 341 g/mol. The highest BCUT2D eigenvalue weighted by Gasteiger charge is 2.40. The summed E-state index contributed by atoms with van der Waals surface area (Å²) in [7, 11) is 3.76. The highest BCUT2D eigenvalue weighted by atomic mass is 35.5. The molecule has 0 radical (unpaired) electrons. The fourth-order valence-corrected chi connectivity index (χ4v) is 2.92. The van der Waals surface area contributed by atoms with E-state index in [9.17, 15) is 14.7 Å². The molecule has 1 aromatic carbocycles. The van der Waals surface area contributed by atoms with Crippen LogP contribution in [0.5, 0.6) is 5.75 Å². The number of amides is 1. The molecule has 1 N–H and O–H groups in total. The quantitative estimate of drug-likeness (QED) is 0.882. The van der Waals surface area contributed by atoms with E-state index in [1.165, 1.54) is 4.90 Å². The number of halogens is 1. The highest BCUT2D eigenvalue weighted by Crippen LogP contribution is 2.24. The van der Waals surface area contributed by atoms with Crippen molar-refractivity contribution in [1.29, 1.82) is 0 Å². The summed E-state index contributed by atoms with van der Waals surface area (Å²) in [5.41, 5.74) is 0.827. The number of carboxylic acid groups (broad SMARTS) is 1. The lowest BCUT2D eigenvalue weighted by Crippen LogP contribution is -2.43. The van der Waals surface area contributed by atoms with Gasteiger partial charge >= 0.3 is 5.97 Å². The van der Waals surface area contributed by atoms with E-state index in [4.69, 9.17) is 16.3 Å². The van der Waals surface area contributed by atoms with Crippen molar-refractivity contribution >= 4 is 23.5 Å². The molecule has 0 spiro atoms. The SMILES string of the molecule is Cc1cc(Cl)ccc1OCC(=O)N1C[C@H](N(C)C)C[C@H]1C(=O)O. The Morgan fingerprint density at radius 1 is 1.43 bits per heavy atom. The van der Waals surface area contributed by atoms with Crippen LogP contribution in [0.1, 0.15) is 12.0 Å². The van der Waals surface area contributed by atoms with Crippen LogP contribution in [-0.2, 0) is 9.59 Å². The minimum absolute atomic E-state index is 0.0392. The molecular weight excluding hydrogens is 320 g/mol. The average Bonchev–Trinajstić information content (AvgIpc) is 2.91. The smallest absolute Gasteiger partial charge is 0.326 e. The van der Waals surface area contributed by atoms with Crippen LogP contribution >= 0.6 is 11.6 Å². The van der Waals surface area contributed by atoms with E-state index >= 15 is 0 Å². The summed E-state index contributed by atoms with van der Waals surface area (Å²) in [5, 5.41) is 9.92. The number of carbonyl (C=O) groups excluding carboxylic acids is 1. The molecule has 0 unspecified atom stereocenters. The Bertz CT molecular complexity index is 606.